The summed E-state index contributed by atoms with van der Waals surface area (Å²) >= 11 is 1.01. The minimum absolute atomic E-state index is 0.00946. The predicted molar refractivity (Wildman–Crippen MR) is 76.5 cm³/mol. The zero-order chi connectivity index (χ0) is 15.0. The highest BCUT2D eigenvalue weighted by Crippen LogP contribution is 2.37. The second-order valence-corrected chi connectivity index (χ2v) is 6.80. The summed E-state index contributed by atoms with van der Waals surface area (Å²) in [4.78, 5) is 37.0. The molecule has 3 heterocycles. The van der Waals surface area contributed by atoms with Gasteiger partial charge >= 0.3 is 5.97 Å². The first-order valence-corrected chi connectivity index (χ1v) is 7.70. The molecule has 0 saturated carbocycles. The van der Waals surface area contributed by atoms with Crippen LogP contribution in [0.5, 0.6) is 0 Å². The van der Waals surface area contributed by atoms with E-state index >= 15 is 0 Å². The van der Waals surface area contributed by atoms with Gasteiger partial charge in [0.05, 0.1) is 4.88 Å². The van der Waals surface area contributed by atoms with Crippen LogP contribution in [0, 0.1) is 5.41 Å². The lowest BCUT2D eigenvalue weighted by Crippen LogP contribution is -2.43. The van der Waals surface area contributed by atoms with Crippen LogP contribution in [-0.2, 0) is 4.79 Å². The topological polar surface area (TPSA) is 86.7 Å². The zero-order valence-electron chi connectivity index (χ0n) is 11.4. The van der Waals surface area contributed by atoms with Gasteiger partial charge in [-0.15, -0.1) is 11.3 Å². The zero-order valence-corrected chi connectivity index (χ0v) is 12.2. The minimum Gasteiger partial charge on any atom is -0.477 e. The van der Waals surface area contributed by atoms with Crippen molar-refractivity contribution in [3.8, 4) is 0 Å². The van der Waals surface area contributed by atoms with Crippen LogP contribution in [-0.4, -0.2) is 47.4 Å². The number of carbonyl (C=O) groups is 3. The molecular formula is C14H16N2O4S. The van der Waals surface area contributed by atoms with Crippen LogP contribution in [0.25, 0.3) is 0 Å². The molecular weight excluding hydrogens is 292 g/mol. The van der Waals surface area contributed by atoms with Crippen LogP contribution in [0.1, 0.15) is 38.6 Å². The SMILES string of the molecule is O=C1CC2(CCN(C(=O)c3ccc(C(=O)O)s3)CC2)CN1. The highest BCUT2D eigenvalue weighted by atomic mass is 32.1. The molecule has 2 aliphatic heterocycles. The first kappa shape index (κ1) is 14.1. The highest BCUT2D eigenvalue weighted by Gasteiger charge is 2.41. The number of likely N-dealkylation sites (tertiary alicyclic amines) is 1. The molecule has 6 nitrogen and oxygen atoms in total. The molecule has 2 amide bonds. The van der Waals surface area contributed by atoms with Gasteiger partial charge < -0.3 is 15.3 Å². The van der Waals surface area contributed by atoms with Crippen LogP contribution < -0.4 is 5.32 Å². The molecule has 0 radical (unpaired) electrons. The third kappa shape index (κ3) is 2.65. The number of carboxylic acids is 1. The molecule has 0 atom stereocenters. The maximum atomic E-state index is 12.4. The molecule has 0 unspecified atom stereocenters. The van der Waals surface area contributed by atoms with Crippen molar-refractivity contribution < 1.29 is 19.5 Å². The molecule has 0 bridgehead atoms. The van der Waals surface area contributed by atoms with Crippen molar-refractivity contribution in [3.63, 3.8) is 0 Å². The normalized spacial score (nSPS) is 20.6. The Morgan fingerprint density at radius 1 is 1.24 bits per heavy atom. The van der Waals surface area contributed by atoms with Gasteiger partial charge in [-0.25, -0.2) is 4.79 Å². The van der Waals surface area contributed by atoms with Crippen molar-refractivity contribution in [2.75, 3.05) is 19.6 Å². The Hall–Kier alpha value is -1.89. The number of carboxylic acid groups (broad SMARTS) is 1. The van der Waals surface area contributed by atoms with Crippen molar-refractivity contribution in [1.82, 2.24) is 10.2 Å². The molecule has 112 valence electrons. The average molecular weight is 308 g/mol. The van der Waals surface area contributed by atoms with Gasteiger partial charge in [0, 0.05) is 26.1 Å². The van der Waals surface area contributed by atoms with Crippen LogP contribution in [0.4, 0.5) is 0 Å². The lowest BCUT2D eigenvalue weighted by molar-refractivity contribution is -0.119. The van der Waals surface area contributed by atoms with Crippen LogP contribution in [0.15, 0.2) is 12.1 Å². The minimum atomic E-state index is -1.01. The molecule has 1 aromatic rings. The Balaban J connectivity index is 1.64. The number of amides is 2. The van der Waals surface area contributed by atoms with E-state index in [1.165, 1.54) is 6.07 Å². The summed E-state index contributed by atoms with van der Waals surface area (Å²) in [7, 11) is 0. The van der Waals surface area contributed by atoms with E-state index in [0.717, 1.165) is 24.2 Å². The fraction of sp³-hybridized carbons (Fsp3) is 0.500. The number of piperidine rings is 1. The Morgan fingerprint density at radius 2 is 1.90 bits per heavy atom. The summed E-state index contributed by atoms with van der Waals surface area (Å²) in [5.74, 6) is -1.02. The van der Waals surface area contributed by atoms with Crippen molar-refractivity contribution in [1.29, 1.82) is 0 Å². The average Bonchev–Trinajstić information content (AvgIpc) is 3.07. The maximum absolute atomic E-state index is 12.4. The number of carbonyl (C=O) groups excluding carboxylic acids is 2. The molecule has 21 heavy (non-hydrogen) atoms. The van der Waals surface area contributed by atoms with E-state index in [2.05, 4.69) is 5.32 Å². The summed E-state index contributed by atoms with van der Waals surface area (Å²) in [5.41, 5.74) is 0.00946. The largest absolute Gasteiger partial charge is 0.477 e. The second-order valence-electron chi connectivity index (χ2n) is 5.71. The molecule has 2 fully saturated rings. The van der Waals surface area contributed by atoms with Crippen LogP contribution in [0.2, 0.25) is 0 Å². The monoisotopic (exact) mass is 308 g/mol. The molecule has 0 aromatic carbocycles. The van der Waals surface area contributed by atoms with E-state index in [9.17, 15) is 14.4 Å². The molecule has 7 heteroatoms. The first-order chi connectivity index (χ1) is 9.99. The number of nitrogens with one attached hydrogen (secondary N) is 1. The number of hydrogen-bond acceptors (Lipinski definition) is 4. The summed E-state index contributed by atoms with van der Waals surface area (Å²) in [5, 5.41) is 11.8. The van der Waals surface area contributed by atoms with Gasteiger partial charge in [-0.3, -0.25) is 9.59 Å². The quantitative estimate of drug-likeness (QED) is 0.859. The molecule has 1 spiro atoms. The summed E-state index contributed by atoms with van der Waals surface area (Å²) < 4.78 is 0. The van der Waals surface area contributed by atoms with Gasteiger partial charge in [0.2, 0.25) is 5.91 Å². The van der Waals surface area contributed by atoms with E-state index in [4.69, 9.17) is 5.11 Å². The fourth-order valence-electron chi connectivity index (χ4n) is 3.01. The summed E-state index contributed by atoms with van der Waals surface area (Å²) in [6.45, 7) is 1.94. The summed E-state index contributed by atoms with van der Waals surface area (Å²) in [6.07, 6.45) is 2.18. The maximum Gasteiger partial charge on any atom is 0.345 e. The molecule has 3 rings (SSSR count). The van der Waals surface area contributed by atoms with Crippen molar-refractivity contribution in [2.24, 2.45) is 5.41 Å². The lowest BCUT2D eigenvalue weighted by Gasteiger charge is -2.38. The van der Waals surface area contributed by atoms with E-state index in [1.807, 2.05) is 0 Å². The van der Waals surface area contributed by atoms with Crippen molar-refractivity contribution in [3.05, 3.63) is 21.9 Å². The van der Waals surface area contributed by atoms with E-state index in [1.54, 1.807) is 11.0 Å². The second kappa shape index (κ2) is 5.14. The standard InChI is InChI=1S/C14H16N2O4S/c17-11-7-14(8-15-11)3-5-16(6-4-14)12(18)9-1-2-10(21-9)13(19)20/h1-2H,3-8H2,(H,15,17)(H,19,20). The van der Waals surface area contributed by atoms with E-state index in [0.29, 0.717) is 30.9 Å². The third-order valence-electron chi connectivity index (χ3n) is 4.33. The third-order valence-corrected chi connectivity index (χ3v) is 5.40. The predicted octanol–water partition coefficient (Wildman–Crippen LogP) is 1.19. The summed E-state index contributed by atoms with van der Waals surface area (Å²) in [6, 6.07) is 3.03. The fourth-order valence-corrected chi connectivity index (χ4v) is 3.83. The van der Waals surface area contributed by atoms with Gasteiger partial charge in [-0.1, -0.05) is 0 Å². The highest BCUT2D eigenvalue weighted by molar-refractivity contribution is 7.15. The van der Waals surface area contributed by atoms with Gasteiger partial charge in [0.15, 0.2) is 0 Å². The van der Waals surface area contributed by atoms with Crippen molar-refractivity contribution in [2.45, 2.75) is 19.3 Å². The first-order valence-electron chi connectivity index (χ1n) is 6.88. The van der Waals surface area contributed by atoms with Gasteiger partial charge in [-0.05, 0) is 30.4 Å². The number of nitrogens with zero attached hydrogens (tertiary/aromatic N) is 1. The van der Waals surface area contributed by atoms with Crippen molar-refractivity contribution >= 4 is 29.1 Å². The Bertz CT molecular complexity index is 602. The molecule has 2 aliphatic rings. The number of aromatic carboxylic acids is 1. The van der Waals surface area contributed by atoms with Gasteiger partial charge in [0.1, 0.15) is 4.88 Å². The number of rotatable bonds is 2. The lowest BCUT2D eigenvalue weighted by atomic mass is 9.77. The molecule has 2 saturated heterocycles. The molecule has 1 aromatic heterocycles. The number of thiophene rings is 1. The van der Waals surface area contributed by atoms with E-state index in [-0.39, 0.29) is 22.1 Å². The molecule has 2 N–H and O–H groups in total. The Morgan fingerprint density at radius 3 is 2.43 bits per heavy atom. The molecule has 0 aliphatic carbocycles. The van der Waals surface area contributed by atoms with Gasteiger partial charge in [-0.2, -0.15) is 0 Å². The van der Waals surface area contributed by atoms with Crippen LogP contribution in [0.3, 0.4) is 0 Å². The van der Waals surface area contributed by atoms with Gasteiger partial charge in [0.25, 0.3) is 5.91 Å². The Kier molecular flexibility index (Phi) is 3.44. The smallest absolute Gasteiger partial charge is 0.345 e. The van der Waals surface area contributed by atoms with E-state index < -0.39 is 5.97 Å². The number of hydrogen-bond donors (Lipinski definition) is 2. The van der Waals surface area contributed by atoms with Crippen LogP contribution >= 0.6 is 11.3 Å². The Labute approximate surface area is 125 Å².